The second kappa shape index (κ2) is 25.1. The molecule has 0 heterocycles. The molecule has 0 aromatic heterocycles. The number of hydrogen-bond donors (Lipinski definition) is 2. The van der Waals surface area contributed by atoms with Gasteiger partial charge in [0.05, 0.1) is 31.5 Å². The second-order valence-corrected chi connectivity index (χ2v) is 43.7. The van der Waals surface area contributed by atoms with E-state index in [9.17, 15) is 15.0 Å². The van der Waals surface area contributed by atoms with Gasteiger partial charge in [0.25, 0.3) is 0 Å². The minimum absolute atomic E-state index is 0.0198. The molecule has 0 aliphatic carbocycles. The van der Waals surface area contributed by atoms with Crippen molar-refractivity contribution >= 4 is 45.3 Å². The summed E-state index contributed by atoms with van der Waals surface area (Å²) < 4.78 is 33.1. The number of carbonyl (C=O) groups is 1. The first kappa shape index (κ1) is 61.9. The first-order chi connectivity index (χ1) is 29.8. The highest BCUT2D eigenvalue weighted by atomic mass is 28.4. The Morgan fingerprint density at radius 1 is 0.652 bits per heavy atom. The summed E-state index contributed by atoms with van der Waals surface area (Å²) in [5, 5.41) is 22.0. The van der Waals surface area contributed by atoms with E-state index in [2.05, 4.69) is 168 Å². The van der Waals surface area contributed by atoms with Crippen molar-refractivity contribution in [2.24, 2.45) is 0 Å². The Morgan fingerprint density at radius 3 is 1.64 bits per heavy atom. The fourth-order valence-corrected chi connectivity index (χ4v) is 11.9. The number of rotatable bonds is 24. The fraction of sp³-hybridized carbons (Fsp3) is 0.685. The van der Waals surface area contributed by atoms with Crippen LogP contribution in [0.2, 0.25) is 72.5 Å². The number of aliphatic hydroxyl groups excluding tert-OH is 1. The number of benzene rings is 1. The van der Waals surface area contributed by atoms with Gasteiger partial charge in [0.2, 0.25) is 0 Å². The predicted octanol–water partition coefficient (Wildman–Crippen LogP) is 15.7. The summed E-state index contributed by atoms with van der Waals surface area (Å²) in [7, 11) is -7.22. The van der Waals surface area contributed by atoms with E-state index in [0.717, 1.165) is 12.8 Å². The third kappa shape index (κ3) is 20.4. The molecule has 0 aliphatic rings. The predicted molar refractivity (Wildman–Crippen MR) is 293 cm³/mol. The number of carbonyl (C=O) groups excluding carboxylic acids is 1. The van der Waals surface area contributed by atoms with Gasteiger partial charge in [-0.1, -0.05) is 155 Å². The van der Waals surface area contributed by atoms with Gasteiger partial charge in [-0.2, -0.15) is 0 Å². The Morgan fingerprint density at radius 2 is 1.12 bits per heavy atom. The summed E-state index contributed by atoms with van der Waals surface area (Å²) in [4.78, 5) is 12.2. The number of hydrogen-bond acceptors (Lipinski definition) is 8. The molecule has 0 radical (unpaired) electrons. The van der Waals surface area contributed by atoms with Crippen molar-refractivity contribution in [1.29, 1.82) is 0 Å². The maximum Gasteiger partial charge on any atom is 0.342 e. The lowest BCUT2D eigenvalue weighted by atomic mass is 10.0. The van der Waals surface area contributed by atoms with E-state index in [1.54, 1.807) is 18.2 Å². The van der Waals surface area contributed by atoms with E-state index in [1.807, 2.05) is 30.4 Å². The molecule has 0 aliphatic heterocycles. The normalized spacial score (nSPS) is 17.0. The van der Waals surface area contributed by atoms with Crippen molar-refractivity contribution in [2.45, 2.75) is 232 Å². The molecule has 0 spiro atoms. The number of aliphatic hydroxyl groups is 1. The Hall–Kier alpha value is -2.14. The zero-order valence-corrected chi connectivity index (χ0v) is 50.2. The van der Waals surface area contributed by atoms with Crippen LogP contribution in [0.1, 0.15) is 145 Å². The molecule has 0 saturated carbocycles. The van der Waals surface area contributed by atoms with Crippen molar-refractivity contribution in [2.75, 3.05) is 7.11 Å². The number of aromatic hydroxyl groups is 1. The van der Waals surface area contributed by atoms with Crippen molar-refractivity contribution < 1.29 is 37.4 Å². The molecule has 0 amide bonds. The molecule has 1 rings (SSSR count). The molecule has 378 valence electrons. The highest BCUT2D eigenvalue weighted by Crippen LogP contribution is 2.42. The average molecular weight is 988 g/mol. The highest BCUT2D eigenvalue weighted by molar-refractivity contribution is 6.75. The van der Waals surface area contributed by atoms with E-state index in [-0.39, 0.29) is 55.9 Å². The Balaban J connectivity index is 3.54. The molecule has 66 heavy (non-hydrogen) atoms. The molecule has 8 nitrogen and oxygen atoms in total. The molecule has 1 aromatic rings. The number of phenols is 1. The molecule has 1 aromatic carbocycles. The summed E-state index contributed by atoms with van der Waals surface area (Å²) >= 11 is 0. The lowest BCUT2D eigenvalue weighted by molar-refractivity contribution is 0.0522. The molecule has 0 fully saturated rings. The van der Waals surface area contributed by atoms with Gasteiger partial charge in [0.15, 0.2) is 33.3 Å². The maximum atomic E-state index is 12.2. The lowest BCUT2D eigenvalue weighted by Crippen LogP contribution is -2.47. The van der Waals surface area contributed by atoms with E-state index < -0.39 is 45.3 Å². The van der Waals surface area contributed by atoms with Crippen LogP contribution in [-0.4, -0.2) is 87.1 Å². The zero-order valence-electron chi connectivity index (χ0n) is 46.2. The quantitative estimate of drug-likeness (QED) is 0.0457. The van der Waals surface area contributed by atoms with Crippen LogP contribution in [0.5, 0.6) is 5.75 Å². The lowest BCUT2D eigenvalue weighted by Gasteiger charge is -2.42. The molecule has 12 heteroatoms. The smallest absolute Gasteiger partial charge is 0.342 e. The molecular weight excluding hydrogens is 889 g/mol. The van der Waals surface area contributed by atoms with Crippen LogP contribution in [0.25, 0.3) is 6.08 Å². The topological polar surface area (TPSA) is 104 Å². The van der Waals surface area contributed by atoms with Crippen LogP contribution < -0.4 is 0 Å². The standard InChI is InChI=1S/C54H98O8Si4/c1-41(31-27-25-24-26-28-32-43-33-29-36-48(56)49(43)50(57)58-15)37-47(62-66(22,23)54(12,13)14)40-46(61-65(20,21)53(9,10)11)35-30-34-45(60-64(18,19)52(6,7)8)39-44(55)38-42(2)59-63(16,17)51(3,4)5/h24-33,35-36,42,44-47,55-56H,34,37-40H2,1-23H3/b26-24+,27-25+,32-28+,35-30+,41-31+/t42-,44+,45+,46-,47+/m1/s1. The van der Waals surface area contributed by atoms with Gasteiger partial charge in [-0.3, -0.25) is 0 Å². The van der Waals surface area contributed by atoms with Crippen LogP contribution in [0.15, 0.2) is 72.4 Å². The van der Waals surface area contributed by atoms with Gasteiger partial charge in [0.1, 0.15) is 11.3 Å². The molecule has 2 N–H and O–H groups in total. The molecule has 0 bridgehead atoms. The molecular formula is C54H98O8Si4. The van der Waals surface area contributed by atoms with Gasteiger partial charge in [-0.05, 0) is 124 Å². The number of methoxy groups -OCH3 is 1. The number of phenolic OH excluding ortho intramolecular Hbond substituents is 1. The van der Waals surface area contributed by atoms with E-state index in [1.165, 1.54) is 18.7 Å². The van der Waals surface area contributed by atoms with Crippen LogP contribution in [0.4, 0.5) is 0 Å². The van der Waals surface area contributed by atoms with Crippen molar-refractivity contribution in [3.63, 3.8) is 0 Å². The number of allylic oxidation sites excluding steroid dienone is 6. The minimum atomic E-state index is -2.21. The van der Waals surface area contributed by atoms with Gasteiger partial charge in [-0.25, -0.2) is 4.79 Å². The van der Waals surface area contributed by atoms with Crippen molar-refractivity contribution in [3.8, 4) is 5.75 Å². The Kier molecular flexibility index (Phi) is 23.5. The van der Waals surface area contributed by atoms with Crippen LogP contribution in [-0.2, 0) is 22.4 Å². The average Bonchev–Trinajstić information content (AvgIpc) is 3.11. The van der Waals surface area contributed by atoms with Gasteiger partial charge >= 0.3 is 5.97 Å². The SMILES string of the molecule is COC(=O)c1c(O)cccc1/C=C/C=C/C=C/C=C(\C)C[C@@H](C[C@@H](/C=C/C[C@@H](C[C@@H](O)C[C@@H](C)O[Si](C)(C)C(C)(C)C)O[Si](C)(C)C(C)(C)C)O[Si](C)(C)C(C)(C)C)O[Si](C)(C)C(C)(C)C. The van der Waals surface area contributed by atoms with Crippen LogP contribution in [0, 0.1) is 0 Å². The number of ether oxygens (including phenoxy) is 1. The molecule has 0 saturated heterocycles. The summed E-state index contributed by atoms with van der Waals surface area (Å²) in [5.41, 5.74) is 1.93. The molecule has 0 unspecified atom stereocenters. The number of esters is 1. The van der Waals surface area contributed by atoms with Gasteiger partial charge in [0, 0.05) is 12.5 Å². The first-order valence-electron chi connectivity index (χ1n) is 24.4. The minimum Gasteiger partial charge on any atom is -0.507 e. The largest absolute Gasteiger partial charge is 0.507 e. The highest BCUT2D eigenvalue weighted by Gasteiger charge is 2.43. The summed E-state index contributed by atoms with van der Waals surface area (Å²) in [6.45, 7) is 50.0. The second-order valence-electron chi connectivity index (χ2n) is 24.7. The fourth-order valence-electron chi connectivity index (χ4n) is 6.45. The van der Waals surface area contributed by atoms with Gasteiger partial charge < -0.3 is 32.7 Å². The first-order valence-corrected chi connectivity index (χ1v) is 36.0. The van der Waals surface area contributed by atoms with Gasteiger partial charge in [-0.15, -0.1) is 0 Å². The maximum absolute atomic E-state index is 12.2. The molecule has 5 atom stereocenters. The van der Waals surface area contributed by atoms with Crippen molar-refractivity contribution in [3.05, 3.63) is 83.5 Å². The summed E-state index contributed by atoms with van der Waals surface area (Å²) in [6, 6.07) is 4.94. The van der Waals surface area contributed by atoms with E-state index in [0.29, 0.717) is 24.8 Å². The van der Waals surface area contributed by atoms with Crippen molar-refractivity contribution in [1.82, 2.24) is 0 Å². The summed E-state index contributed by atoms with van der Waals surface area (Å²) in [5.74, 6) is -0.693. The third-order valence-corrected chi connectivity index (χ3v) is 32.8. The van der Waals surface area contributed by atoms with E-state index in [4.69, 9.17) is 22.4 Å². The van der Waals surface area contributed by atoms with E-state index >= 15 is 0 Å². The Bertz CT molecular complexity index is 1810. The van der Waals surface area contributed by atoms with Crippen LogP contribution >= 0.6 is 0 Å². The Labute approximate surface area is 409 Å². The zero-order chi connectivity index (χ0) is 51.3. The monoisotopic (exact) mass is 987 g/mol. The van der Waals surface area contributed by atoms with Crippen LogP contribution in [0.3, 0.4) is 0 Å². The summed E-state index contributed by atoms with van der Waals surface area (Å²) in [6.07, 6.45) is 20.4. The third-order valence-electron chi connectivity index (χ3n) is 14.6.